The second-order valence-electron chi connectivity index (χ2n) is 5.43. The lowest BCUT2D eigenvalue weighted by molar-refractivity contribution is -0.121. The second-order valence-corrected chi connectivity index (χ2v) is 6.52. The third kappa shape index (κ3) is 4.85. The highest BCUT2D eigenvalue weighted by molar-refractivity contribution is 7.11. The molecule has 1 amide bonds. The second kappa shape index (κ2) is 7.82. The molecule has 122 valence electrons. The Morgan fingerprint density at radius 2 is 2.00 bits per heavy atom. The summed E-state index contributed by atoms with van der Waals surface area (Å²) in [6, 6.07) is 6.73. The molecule has 0 aliphatic rings. The van der Waals surface area contributed by atoms with E-state index in [0.29, 0.717) is 24.4 Å². The van der Waals surface area contributed by atoms with E-state index in [-0.39, 0.29) is 17.9 Å². The molecule has 0 aliphatic heterocycles. The maximum absolute atomic E-state index is 11.9. The van der Waals surface area contributed by atoms with Crippen LogP contribution in [-0.2, 0) is 17.8 Å². The molecule has 23 heavy (non-hydrogen) atoms. The van der Waals surface area contributed by atoms with Gasteiger partial charge in [0.05, 0.1) is 12.1 Å². The zero-order chi connectivity index (χ0) is 16.8. The van der Waals surface area contributed by atoms with Crippen molar-refractivity contribution in [2.45, 2.75) is 39.2 Å². The molecule has 0 radical (unpaired) electrons. The number of carboxylic acids is 1. The smallest absolute Gasteiger partial charge is 0.335 e. The van der Waals surface area contributed by atoms with Crippen molar-refractivity contribution in [3.8, 4) is 0 Å². The van der Waals surface area contributed by atoms with E-state index in [1.807, 2.05) is 13.8 Å². The molecule has 0 unspecified atom stereocenters. The van der Waals surface area contributed by atoms with Crippen molar-refractivity contribution in [2.75, 3.05) is 0 Å². The first-order valence-corrected chi connectivity index (χ1v) is 8.19. The number of nitrogens with zero attached hydrogens (tertiary/aromatic N) is 2. The van der Waals surface area contributed by atoms with Crippen molar-refractivity contribution < 1.29 is 14.7 Å². The Labute approximate surface area is 138 Å². The molecule has 1 aromatic carbocycles. The first-order valence-electron chi connectivity index (χ1n) is 7.37. The summed E-state index contributed by atoms with van der Waals surface area (Å²) < 4.78 is 0. The standard InChI is InChI=1S/C16H19N3O3S/c1-10(2)15-19-18-14(23-15)9-17-13(20)8-7-11-5-3-4-6-12(11)16(21)22/h3-6,10H,7-9H2,1-2H3,(H,17,20)(H,21,22). The molecule has 2 aromatic rings. The topological polar surface area (TPSA) is 92.2 Å². The maximum Gasteiger partial charge on any atom is 0.335 e. The predicted molar refractivity (Wildman–Crippen MR) is 87.6 cm³/mol. The fourth-order valence-corrected chi connectivity index (χ4v) is 2.81. The summed E-state index contributed by atoms with van der Waals surface area (Å²) in [7, 11) is 0. The molecule has 0 spiro atoms. The third-order valence-electron chi connectivity index (χ3n) is 3.28. The summed E-state index contributed by atoms with van der Waals surface area (Å²) in [4.78, 5) is 23.0. The van der Waals surface area contributed by atoms with E-state index >= 15 is 0 Å². The number of nitrogens with one attached hydrogen (secondary N) is 1. The Morgan fingerprint density at radius 1 is 1.26 bits per heavy atom. The number of aromatic carboxylic acids is 1. The summed E-state index contributed by atoms with van der Waals surface area (Å²) in [5, 5.41) is 21.7. The molecule has 0 saturated carbocycles. The quantitative estimate of drug-likeness (QED) is 0.812. The normalized spacial score (nSPS) is 10.7. The number of hydrogen-bond donors (Lipinski definition) is 2. The number of hydrogen-bond acceptors (Lipinski definition) is 5. The van der Waals surface area contributed by atoms with E-state index in [1.165, 1.54) is 11.3 Å². The van der Waals surface area contributed by atoms with Crippen LogP contribution in [0.2, 0.25) is 0 Å². The van der Waals surface area contributed by atoms with Gasteiger partial charge in [0.2, 0.25) is 5.91 Å². The summed E-state index contributed by atoms with van der Waals surface area (Å²) in [5.41, 5.74) is 0.902. The molecular weight excluding hydrogens is 314 g/mol. The molecule has 0 saturated heterocycles. The highest BCUT2D eigenvalue weighted by atomic mass is 32.1. The van der Waals surface area contributed by atoms with E-state index < -0.39 is 5.97 Å². The summed E-state index contributed by atoms with van der Waals surface area (Å²) >= 11 is 1.49. The lowest BCUT2D eigenvalue weighted by Gasteiger charge is -2.06. The minimum Gasteiger partial charge on any atom is -0.478 e. The van der Waals surface area contributed by atoms with E-state index in [2.05, 4.69) is 15.5 Å². The van der Waals surface area contributed by atoms with Crippen LogP contribution in [-0.4, -0.2) is 27.2 Å². The monoisotopic (exact) mass is 333 g/mol. The van der Waals surface area contributed by atoms with Crippen molar-refractivity contribution in [3.05, 3.63) is 45.4 Å². The Bertz CT molecular complexity index is 697. The molecule has 7 heteroatoms. The number of benzene rings is 1. The molecule has 0 atom stereocenters. The van der Waals surface area contributed by atoms with Gasteiger partial charge in [0.1, 0.15) is 10.0 Å². The number of rotatable bonds is 7. The fraction of sp³-hybridized carbons (Fsp3) is 0.375. The van der Waals surface area contributed by atoms with Crippen LogP contribution >= 0.6 is 11.3 Å². The van der Waals surface area contributed by atoms with Crippen LogP contribution in [0.1, 0.15) is 52.1 Å². The van der Waals surface area contributed by atoms with Gasteiger partial charge in [-0.2, -0.15) is 0 Å². The molecule has 1 aromatic heterocycles. The highest BCUT2D eigenvalue weighted by Gasteiger charge is 2.12. The number of carboxylic acid groups (broad SMARTS) is 1. The van der Waals surface area contributed by atoms with Crippen LogP contribution < -0.4 is 5.32 Å². The molecule has 2 rings (SSSR count). The van der Waals surface area contributed by atoms with Crippen molar-refractivity contribution in [1.82, 2.24) is 15.5 Å². The molecule has 0 bridgehead atoms. The van der Waals surface area contributed by atoms with Gasteiger partial charge in [0.15, 0.2) is 0 Å². The van der Waals surface area contributed by atoms with Gasteiger partial charge < -0.3 is 10.4 Å². The lowest BCUT2D eigenvalue weighted by atomic mass is 10.0. The Balaban J connectivity index is 1.84. The molecule has 1 heterocycles. The largest absolute Gasteiger partial charge is 0.478 e. The van der Waals surface area contributed by atoms with E-state index in [1.54, 1.807) is 24.3 Å². The van der Waals surface area contributed by atoms with Crippen LogP contribution in [0, 0.1) is 0 Å². The minimum atomic E-state index is -0.976. The van der Waals surface area contributed by atoms with Crippen molar-refractivity contribution in [2.24, 2.45) is 0 Å². The van der Waals surface area contributed by atoms with Gasteiger partial charge in [-0.15, -0.1) is 10.2 Å². The molecule has 6 nitrogen and oxygen atoms in total. The van der Waals surface area contributed by atoms with Crippen molar-refractivity contribution in [1.29, 1.82) is 0 Å². The van der Waals surface area contributed by atoms with Gasteiger partial charge in [0.25, 0.3) is 0 Å². The summed E-state index contributed by atoms with van der Waals surface area (Å²) in [6.07, 6.45) is 0.627. The Kier molecular flexibility index (Phi) is 5.81. The zero-order valence-electron chi connectivity index (χ0n) is 13.1. The van der Waals surface area contributed by atoms with Crippen molar-refractivity contribution >= 4 is 23.2 Å². The molecule has 2 N–H and O–H groups in total. The molecular formula is C16H19N3O3S. The van der Waals surface area contributed by atoms with Crippen molar-refractivity contribution in [3.63, 3.8) is 0 Å². The Hall–Kier alpha value is -2.28. The van der Waals surface area contributed by atoms with Crippen LogP contribution in [0.4, 0.5) is 0 Å². The van der Waals surface area contributed by atoms with Crippen LogP contribution in [0.5, 0.6) is 0 Å². The number of aromatic nitrogens is 2. The van der Waals surface area contributed by atoms with Gasteiger partial charge in [-0.25, -0.2) is 4.79 Å². The molecule has 0 aliphatic carbocycles. The van der Waals surface area contributed by atoms with E-state index in [0.717, 1.165) is 10.0 Å². The number of carbonyl (C=O) groups excluding carboxylic acids is 1. The van der Waals surface area contributed by atoms with Gasteiger partial charge in [-0.3, -0.25) is 4.79 Å². The first-order chi connectivity index (χ1) is 11.0. The van der Waals surface area contributed by atoms with Gasteiger partial charge >= 0.3 is 5.97 Å². The van der Waals surface area contributed by atoms with E-state index in [4.69, 9.17) is 5.11 Å². The average Bonchev–Trinajstić information content (AvgIpc) is 3.00. The Morgan fingerprint density at radius 3 is 2.65 bits per heavy atom. The number of aryl methyl sites for hydroxylation is 1. The number of carbonyl (C=O) groups is 2. The lowest BCUT2D eigenvalue weighted by Crippen LogP contribution is -2.23. The number of amides is 1. The van der Waals surface area contributed by atoms with Crippen LogP contribution in [0.3, 0.4) is 0 Å². The maximum atomic E-state index is 11.9. The predicted octanol–water partition coefficient (Wildman–Crippen LogP) is 2.61. The van der Waals surface area contributed by atoms with Crippen LogP contribution in [0.25, 0.3) is 0 Å². The SMILES string of the molecule is CC(C)c1nnc(CNC(=O)CCc2ccccc2C(=O)O)s1. The minimum absolute atomic E-state index is 0.133. The summed E-state index contributed by atoms with van der Waals surface area (Å²) in [6.45, 7) is 4.44. The first kappa shape index (κ1) is 17.1. The summed E-state index contributed by atoms with van der Waals surface area (Å²) in [5.74, 6) is -0.785. The van der Waals surface area contributed by atoms with Gasteiger partial charge in [0, 0.05) is 12.3 Å². The average molecular weight is 333 g/mol. The van der Waals surface area contributed by atoms with Gasteiger partial charge in [-0.05, 0) is 18.1 Å². The van der Waals surface area contributed by atoms with Crippen LogP contribution in [0.15, 0.2) is 24.3 Å². The zero-order valence-corrected chi connectivity index (χ0v) is 13.9. The fourth-order valence-electron chi connectivity index (χ4n) is 2.03. The van der Waals surface area contributed by atoms with E-state index in [9.17, 15) is 9.59 Å². The highest BCUT2D eigenvalue weighted by Crippen LogP contribution is 2.18. The van der Waals surface area contributed by atoms with Gasteiger partial charge in [-0.1, -0.05) is 43.4 Å². The third-order valence-corrected chi connectivity index (χ3v) is 4.51. The molecule has 0 fully saturated rings.